The topological polar surface area (TPSA) is 46.4 Å². The normalized spacial score (nSPS) is 11.9. The molecule has 0 saturated carbocycles. The van der Waals surface area contributed by atoms with Crippen LogP contribution < -0.4 is 5.43 Å². The van der Waals surface area contributed by atoms with Crippen molar-refractivity contribution >= 4 is 34.6 Å². The fourth-order valence-corrected chi connectivity index (χ4v) is 3.58. The molecule has 4 rings (SSSR count). The lowest BCUT2D eigenvalue weighted by Gasteiger charge is -2.07. The summed E-state index contributed by atoms with van der Waals surface area (Å²) >= 11 is 6.29. The predicted molar refractivity (Wildman–Crippen MR) is 119 cm³/mol. The van der Waals surface area contributed by atoms with Crippen LogP contribution >= 0.6 is 11.6 Å². The summed E-state index contributed by atoms with van der Waals surface area (Å²) in [6.07, 6.45) is -1.17. The van der Waals surface area contributed by atoms with Crippen LogP contribution in [0.4, 0.5) is 13.2 Å². The minimum absolute atomic E-state index is 0.127. The molecule has 3 aromatic carbocycles. The van der Waals surface area contributed by atoms with Gasteiger partial charge >= 0.3 is 6.18 Å². The van der Waals surface area contributed by atoms with Gasteiger partial charge in [0.15, 0.2) is 0 Å². The smallest absolute Gasteiger partial charge is 0.342 e. The molecular weight excluding hydrogens is 439 g/mol. The number of amides is 1. The van der Waals surface area contributed by atoms with E-state index < -0.39 is 17.6 Å². The molecule has 0 spiro atoms. The van der Waals surface area contributed by atoms with Crippen molar-refractivity contribution in [3.8, 4) is 0 Å². The largest absolute Gasteiger partial charge is 0.416 e. The van der Waals surface area contributed by atoms with Gasteiger partial charge in [-0.1, -0.05) is 54.1 Å². The molecule has 0 radical (unpaired) electrons. The average molecular weight is 456 g/mol. The zero-order chi connectivity index (χ0) is 22.7. The SMILES string of the molecule is O=C(N/N=C\c1cn(Cc2ccccc2Cl)c2ccccc12)c1cccc(C(F)(F)F)c1. The van der Waals surface area contributed by atoms with Gasteiger partial charge in [0.25, 0.3) is 5.91 Å². The van der Waals surface area contributed by atoms with Gasteiger partial charge in [0.05, 0.1) is 11.8 Å². The Balaban J connectivity index is 1.56. The molecule has 0 fully saturated rings. The maximum absolute atomic E-state index is 12.9. The van der Waals surface area contributed by atoms with Crippen LogP contribution in [0, 0.1) is 0 Å². The van der Waals surface area contributed by atoms with E-state index in [0.717, 1.165) is 34.2 Å². The quantitative estimate of drug-likeness (QED) is 0.286. The van der Waals surface area contributed by atoms with Gasteiger partial charge in [0.1, 0.15) is 0 Å². The molecule has 1 heterocycles. The van der Waals surface area contributed by atoms with Crippen molar-refractivity contribution in [3.05, 3.63) is 106 Å². The van der Waals surface area contributed by atoms with Crippen LogP contribution in [0.15, 0.2) is 84.1 Å². The van der Waals surface area contributed by atoms with Crippen molar-refractivity contribution in [1.82, 2.24) is 9.99 Å². The summed E-state index contributed by atoms with van der Waals surface area (Å²) in [4.78, 5) is 12.2. The first-order valence-electron chi connectivity index (χ1n) is 9.65. The second-order valence-corrected chi connectivity index (χ2v) is 7.51. The zero-order valence-corrected chi connectivity index (χ0v) is 17.4. The van der Waals surface area contributed by atoms with E-state index in [1.807, 2.05) is 59.3 Å². The van der Waals surface area contributed by atoms with Gasteiger partial charge in [0, 0.05) is 39.8 Å². The van der Waals surface area contributed by atoms with E-state index >= 15 is 0 Å². The number of para-hydroxylation sites is 1. The molecule has 162 valence electrons. The Hall–Kier alpha value is -3.58. The zero-order valence-electron chi connectivity index (χ0n) is 16.6. The number of nitrogens with one attached hydrogen (secondary N) is 1. The first kappa shape index (κ1) is 21.6. The van der Waals surface area contributed by atoms with Crippen molar-refractivity contribution in [2.45, 2.75) is 12.7 Å². The molecule has 1 N–H and O–H groups in total. The number of halogens is 4. The maximum atomic E-state index is 12.9. The number of carbonyl (C=O) groups is 1. The molecule has 0 unspecified atom stereocenters. The summed E-state index contributed by atoms with van der Waals surface area (Å²) in [7, 11) is 0. The van der Waals surface area contributed by atoms with Crippen molar-refractivity contribution in [3.63, 3.8) is 0 Å². The summed E-state index contributed by atoms with van der Waals surface area (Å²) < 4.78 is 40.6. The summed E-state index contributed by atoms with van der Waals surface area (Å²) in [5.41, 5.74) is 3.93. The van der Waals surface area contributed by atoms with E-state index in [-0.39, 0.29) is 5.56 Å². The highest BCUT2D eigenvalue weighted by atomic mass is 35.5. The van der Waals surface area contributed by atoms with Gasteiger partial charge in [-0.3, -0.25) is 4.79 Å². The Morgan fingerprint density at radius 1 is 1.03 bits per heavy atom. The van der Waals surface area contributed by atoms with Crippen LogP contribution in [-0.2, 0) is 12.7 Å². The van der Waals surface area contributed by atoms with Gasteiger partial charge < -0.3 is 4.57 Å². The van der Waals surface area contributed by atoms with Crippen molar-refractivity contribution < 1.29 is 18.0 Å². The van der Waals surface area contributed by atoms with Crippen LogP contribution in [0.25, 0.3) is 10.9 Å². The number of hydrogen-bond acceptors (Lipinski definition) is 2. The number of carbonyl (C=O) groups excluding carboxylic acids is 1. The Bertz CT molecular complexity index is 1310. The molecule has 0 bridgehead atoms. The predicted octanol–water partition coefficient (Wildman–Crippen LogP) is 6.13. The molecule has 1 aromatic heterocycles. The lowest BCUT2D eigenvalue weighted by Crippen LogP contribution is -2.18. The van der Waals surface area contributed by atoms with Gasteiger partial charge in [0.2, 0.25) is 0 Å². The van der Waals surface area contributed by atoms with Crippen LogP contribution in [-0.4, -0.2) is 16.7 Å². The molecule has 32 heavy (non-hydrogen) atoms. The Kier molecular flexibility index (Phi) is 6.01. The van der Waals surface area contributed by atoms with Crippen LogP contribution in [0.3, 0.4) is 0 Å². The number of fused-ring (bicyclic) bond motifs is 1. The molecule has 0 aliphatic carbocycles. The molecule has 0 aliphatic rings. The van der Waals surface area contributed by atoms with Crippen molar-refractivity contribution in [2.24, 2.45) is 5.10 Å². The highest BCUT2D eigenvalue weighted by Crippen LogP contribution is 2.29. The fourth-order valence-electron chi connectivity index (χ4n) is 3.38. The van der Waals surface area contributed by atoms with Gasteiger partial charge in [-0.05, 0) is 35.9 Å². The molecular formula is C24H17ClF3N3O. The van der Waals surface area contributed by atoms with Crippen LogP contribution in [0.2, 0.25) is 5.02 Å². The molecule has 4 nitrogen and oxygen atoms in total. The summed E-state index contributed by atoms with van der Waals surface area (Å²) in [6, 6.07) is 19.4. The minimum Gasteiger partial charge on any atom is -0.342 e. The van der Waals surface area contributed by atoms with Gasteiger partial charge in [-0.25, -0.2) is 5.43 Å². The number of hydrazone groups is 1. The van der Waals surface area contributed by atoms with Gasteiger partial charge in [-0.2, -0.15) is 18.3 Å². The number of aromatic nitrogens is 1. The molecule has 0 atom stereocenters. The Morgan fingerprint density at radius 3 is 2.56 bits per heavy atom. The highest BCUT2D eigenvalue weighted by Gasteiger charge is 2.30. The first-order chi connectivity index (χ1) is 15.3. The summed E-state index contributed by atoms with van der Waals surface area (Å²) in [5, 5.41) is 5.53. The number of benzene rings is 3. The molecule has 0 saturated heterocycles. The third kappa shape index (κ3) is 4.68. The lowest BCUT2D eigenvalue weighted by atomic mass is 10.1. The molecule has 8 heteroatoms. The van der Waals surface area contributed by atoms with E-state index in [0.29, 0.717) is 11.6 Å². The Morgan fingerprint density at radius 2 is 1.78 bits per heavy atom. The molecule has 4 aromatic rings. The average Bonchev–Trinajstić information content (AvgIpc) is 3.12. The maximum Gasteiger partial charge on any atom is 0.416 e. The fraction of sp³-hybridized carbons (Fsp3) is 0.0833. The van der Waals surface area contributed by atoms with E-state index in [9.17, 15) is 18.0 Å². The second-order valence-electron chi connectivity index (χ2n) is 7.10. The van der Waals surface area contributed by atoms with E-state index in [1.165, 1.54) is 18.3 Å². The second kappa shape index (κ2) is 8.88. The third-order valence-corrected chi connectivity index (χ3v) is 5.31. The summed E-state index contributed by atoms with van der Waals surface area (Å²) in [5.74, 6) is -0.729. The minimum atomic E-state index is -4.52. The summed E-state index contributed by atoms with van der Waals surface area (Å²) in [6.45, 7) is 0.546. The van der Waals surface area contributed by atoms with E-state index in [1.54, 1.807) is 0 Å². The van der Waals surface area contributed by atoms with Crippen LogP contribution in [0.5, 0.6) is 0 Å². The highest BCUT2D eigenvalue weighted by molar-refractivity contribution is 6.31. The standard InChI is InChI=1S/C24H17ClF3N3O/c25-21-10-3-1-6-17(21)14-31-15-18(20-9-2-4-11-22(20)31)13-29-30-23(32)16-7-5-8-19(12-16)24(26,27)28/h1-13,15H,14H2,(H,30,32)/b29-13-. The van der Waals surface area contributed by atoms with Crippen molar-refractivity contribution in [2.75, 3.05) is 0 Å². The lowest BCUT2D eigenvalue weighted by molar-refractivity contribution is -0.137. The molecule has 0 aliphatic heterocycles. The van der Waals surface area contributed by atoms with E-state index in [2.05, 4.69) is 10.5 Å². The number of rotatable bonds is 5. The van der Waals surface area contributed by atoms with E-state index in [4.69, 9.17) is 11.6 Å². The monoisotopic (exact) mass is 455 g/mol. The van der Waals surface area contributed by atoms with Crippen LogP contribution in [0.1, 0.15) is 27.0 Å². The Labute approximate surface area is 186 Å². The van der Waals surface area contributed by atoms with Gasteiger partial charge in [-0.15, -0.1) is 0 Å². The number of alkyl halides is 3. The molecule has 1 amide bonds. The number of nitrogens with zero attached hydrogens (tertiary/aromatic N) is 2. The third-order valence-electron chi connectivity index (χ3n) is 4.94. The number of hydrogen-bond donors (Lipinski definition) is 1. The van der Waals surface area contributed by atoms with Crippen molar-refractivity contribution in [1.29, 1.82) is 0 Å². The first-order valence-corrected chi connectivity index (χ1v) is 10.0.